The van der Waals surface area contributed by atoms with E-state index in [2.05, 4.69) is 68.9 Å². The number of thioether (sulfide) groups is 1. The molecule has 0 N–H and O–H groups in total. The predicted molar refractivity (Wildman–Crippen MR) is 116 cm³/mol. The third kappa shape index (κ3) is 4.23. The minimum Gasteiger partial charge on any atom is -0.370 e. The number of fused-ring (bicyclic) bond motifs is 1. The van der Waals surface area contributed by atoms with E-state index in [0.29, 0.717) is 12.0 Å². The monoisotopic (exact) mass is 400 g/mol. The molecule has 0 spiro atoms. The Labute approximate surface area is 172 Å². The maximum absolute atomic E-state index is 6.68. The zero-order chi connectivity index (χ0) is 19.0. The number of halogens is 1. The van der Waals surface area contributed by atoms with Gasteiger partial charge < -0.3 is 4.74 Å². The van der Waals surface area contributed by atoms with Gasteiger partial charge in [0.1, 0.15) is 0 Å². The molecule has 2 aromatic rings. The fourth-order valence-electron chi connectivity index (χ4n) is 4.82. The summed E-state index contributed by atoms with van der Waals surface area (Å²) in [6, 6.07) is 17.2. The fourth-order valence-corrected chi connectivity index (χ4v) is 6.42. The van der Waals surface area contributed by atoms with Crippen molar-refractivity contribution in [2.75, 3.05) is 0 Å². The van der Waals surface area contributed by atoms with E-state index in [1.165, 1.54) is 35.3 Å². The van der Waals surface area contributed by atoms with Gasteiger partial charge in [-0.1, -0.05) is 54.8 Å². The summed E-state index contributed by atoms with van der Waals surface area (Å²) in [6.07, 6.45) is 5.32. The summed E-state index contributed by atoms with van der Waals surface area (Å²) in [6.45, 7) is 6.99. The molecule has 0 unspecified atom stereocenters. The van der Waals surface area contributed by atoms with E-state index in [1.807, 2.05) is 12.1 Å². The Bertz CT molecular complexity index is 772. The fraction of sp³-hybridized carbons (Fsp3) is 0.500. The first-order valence-electron chi connectivity index (χ1n) is 10.1. The van der Waals surface area contributed by atoms with Gasteiger partial charge in [0, 0.05) is 20.6 Å². The van der Waals surface area contributed by atoms with Crippen LogP contribution in [0.3, 0.4) is 0 Å². The molecule has 5 atom stereocenters. The van der Waals surface area contributed by atoms with Crippen LogP contribution in [0.1, 0.15) is 56.8 Å². The van der Waals surface area contributed by atoms with Gasteiger partial charge in [0.15, 0.2) is 0 Å². The molecule has 1 nitrogen and oxygen atoms in total. The molecule has 2 aromatic carbocycles. The van der Waals surface area contributed by atoms with Crippen LogP contribution in [-0.4, -0.2) is 10.9 Å². The van der Waals surface area contributed by atoms with Crippen molar-refractivity contribution in [3.8, 4) is 0 Å². The molecule has 1 aliphatic carbocycles. The van der Waals surface area contributed by atoms with Crippen molar-refractivity contribution in [1.29, 1.82) is 0 Å². The maximum Gasteiger partial charge on any atom is 0.0842 e. The van der Waals surface area contributed by atoms with Crippen molar-refractivity contribution >= 4 is 23.4 Å². The molecule has 1 heterocycles. The van der Waals surface area contributed by atoms with Crippen LogP contribution in [0.4, 0.5) is 0 Å². The topological polar surface area (TPSA) is 9.23 Å². The molecule has 1 saturated carbocycles. The Hall–Kier alpha value is -0.960. The molecule has 4 rings (SSSR count). The molecule has 1 aliphatic heterocycles. The maximum atomic E-state index is 6.68. The first-order valence-corrected chi connectivity index (χ1v) is 11.3. The smallest absolute Gasteiger partial charge is 0.0842 e. The van der Waals surface area contributed by atoms with Crippen LogP contribution in [-0.2, 0) is 4.74 Å². The second kappa shape index (κ2) is 7.81. The molecule has 0 radical (unpaired) electrons. The number of hydrogen-bond donors (Lipinski definition) is 0. The van der Waals surface area contributed by atoms with Gasteiger partial charge in [0.25, 0.3) is 0 Å². The number of ether oxygens (including phenoxy) is 1. The standard InChI is InChI=1S/C24H29ClOS/c1-16-4-11-20(12-5-16)27-24(3)15-23(18-7-9-19(25)10-8-18)26-22-14-17(2)6-13-21(22)24/h4-5,7-12,17,21-23H,6,13-15H2,1-3H3/t17-,21-,22-,23-,24-/m1/s1. The van der Waals surface area contributed by atoms with Gasteiger partial charge in [-0.2, -0.15) is 0 Å². The van der Waals surface area contributed by atoms with Crippen molar-refractivity contribution in [3.63, 3.8) is 0 Å². The minimum absolute atomic E-state index is 0.150. The molecule has 0 aromatic heterocycles. The van der Waals surface area contributed by atoms with Crippen LogP contribution in [0.15, 0.2) is 53.4 Å². The van der Waals surface area contributed by atoms with Gasteiger partial charge in [-0.15, -0.1) is 11.8 Å². The van der Waals surface area contributed by atoms with Gasteiger partial charge in [-0.25, -0.2) is 0 Å². The van der Waals surface area contributed by atoms with Crippen LogP contribution in [0.2, 0.25) is 5.02 Å². The highest BCUT2D eigenvalue weighted by atomic mass is 35.5. The number of aryl methyl sites for hydroxylation is 1. The Morgan fingerprint density at radius 1 is 1.04 bits per heavy atom. The van der Waals surface area contributed by atoms with Crippen LogP contribution in [0.25, 0.3) is 0 Å². The second-order valence-electron chi connectivity index (χ2n) is 8.67. The van der Waals surface area contributed by atoms with E-state index >= 15 is 0 Å². The Morgan fingerprint density at radius 3 is 2.44 bits per heavy atom. The zero-order valence-corrected chi connectivity index (χ0v) is 18.0. The summed E-state index contributed by atoms with van der Waals surface area (Å²) in [4.78, 5) is 1.37. The van der Waals surface area contributed by atoms with Crippen LogP contribution < -0.4 is 0 Å². The number of benzene rings is 2. The molecule has 0 bridgehead atoms. The second-order valence-corrected chi connectivity index (χ2v) is 10.7. The molecule has 27 heavy (non-hydrogen) atoms. The van der Waals surface area contributed by atoms with Crippen molar-refractivity contribution in [1.82, 2.24) is 0 Å². The van der Waals surface area contributed by atoms with Gasteiger partial charge in [0.2, 0.25) is 0 Å². The summed E-state index contributed by atoms with van der Waals surface area (Å²) < 4.78 is 6.87. The normalized spacial score (nSPS) is 33.5. The highest BCUT2D eigenvalue weighted by Gasteiger charge is 2.49. The van der Waals surface area contributed by atoms with E-state index in [0.717, 1.165) is 17.4 Å². The van der Waals surface area contributed by atoms with Gasteiger partial charge in [-0.05, 0) is 68.9 Å². The summed E-state index contributed by atoms with van der Waals surface area (Å²) in [5, 5.41) is 0.788. The lowest BCUT2D eigenvalue weighted by Gasteiger charge is -2.52. The first kappa shape index (κ1) is 19.4. The average molecular weight is 401 g/mol. The first-order chi connectivity index (χ1) is 12.9. The number of rotatable bonds is 3. The van der Waals surface area contributed by atoms with Crippen LogP contribution in [0, 0.1) is 18.8 Å². The van der Waals surface area contributed by atoms with E-state index in [1.54, 1.807) is 0 Å². The highest BCUT2D eigenvalue weighted by Crippen LogP contribution is 2.55. The highest BCUT2D eigenvalue weighted by molar-refractivity contribution is 8.00. The minimum atomic E-state index is 0.150. The Morgan fingerprint density at radius 2 is 1.74 bits per heavy atom. The third-order valence-electron chi connectivity index (χ3n) is 6.38. The van der Waals surface area contributed by atoms with Crippen molar-refractivity contribution in [3.05, 3.63) is 64.7 Å². The summed E-state index contributed by atoms with van der Waals surface area (Å²) in [5.41, 5.74) is 2.58. The molecule has 1 saturated heterocycles. The van der Waals surface area contributed by atoms with Crippen molar-refractivity contribution in [2.24, 2.45) is 11.8 Å². The third-order valence-corrected chi connectivity index (χ3v) is 8.08. The lowest BCUT2D eigenvalue weighted by atomic mass is 9.70. The molecular formula is C24H29ClOS. The largest absolute Gasteiger partial charge is 0.370 e. The molecule has 144 valence electrons. The Balaban J connectivity index is 1.63. The number of hydrogen-bond acceptors (Lipinski definition) is 2. The lowest BCUT2D eigenvalue weighted by Crippen LogP contribution is -2.49. The SMILES string of the molecule is Cc1ccc(S[C@]2(C)C[C@H](c3ccc(Cl)cc3)O[C@@H]3C[C@H](C)CC[C@H]32)cc1. The summed E-state index contributed by atoms with van der Waals surface area (Å²) in [7, 11) is 0. The molecular weight excluding hydrogens is 372 g/mol. The van der Waals surface area contributed by atoms with Gasteiger partial charge >= 0.3 is 0 Å². The summed E-state index contributed by atoms with van der Waals surface area (Å²) in [5.74, 6) is 1.37. The zero-order valence-electron chi connectivity index (χ0n) is 16.5. The van der Waals surface area contributed by atoms with E-state index in [9.17, 15) is 0 Å². The Kier molecular flexibility index (Phi) is 5.60. The summed E-state index contributed by atoms with van der Waals surface area (Å²) >= 11 is 8.17. The predicted octanol–water partition coefficient (Wildman–Crippen LogP) is 7.47. The van der Waals surface area contributed by atoms with Crippen LogP contribution in [0.5, 0.6) is 0 Å². The van der Waals surface area contributed by atoms with E-state index in [4.69, 9.17) is 16.3 Å². The molecule has 2 fully saturated rings. The van der Waals surface area contributed by atoms with Crippen molar-refractivity contribution in [2.45, 2.75) is 68.3 Å². The van der Waals surface area contributed by atoms with Crippen LogP contribution >= 0.6 is 23.4 Å². The molecule has 3 heteroatoms. The van der Waals surface area contributed by atoms with Gasteiger partial charge in [-0.3, -0.25) is 0 Å². The lowest BCUT2D eigenvalue weighted by molar-refractivity contribution is -0.122. The van der Waals surface area contributed by atoms with E-state index < -0.39 is 0 Å². The molecule has 0 amide bonds. The quantitative estimate of drug-likeness (QED) is 0.528. The van der Waals surface area contributed by atoms with E-state index in [-0.39, 0.29) is 10.9 Å². The molecule has 2 aliphatic rings. The average Bonchev–Trinajstić information content (AvgIpc) is 2.63. The van der Waals surface area contributed by atoms with Gasteiger partial charge in [0.05, 0.1) is 12.2 Å². The van der Waals surface area contributed by atoms with Crippen molar-refractivity contribution < 1.29 is 4.74 Å².